The van der Waals surface area contributed by atoms with E-state index in [1.54, 1.807) is 11.0 Å². The molecule has 5 nitrogen and oxygen atoms in total. The van der Waals surface area contributed by atoms with Gasteiger partial charge in [0.1, 0.15) is 0 Å². The quantitative estimate of drug-likeness (QED) is 0.618. The summed E-state index contributed by atoms with van der Waals surface area (Å²) in [4.78, 5) is 14.8. The first kappa shape index (κ1) is 19.1. The molecule has 0 atom stereocenters. The lowest BCUT2D eigenvalue weighted by Crippen LogP contribution is -2.36. The van der Waals surface area contributed by atoms with E-state index in [1.807, 2.05) is 64.1 Å². The lowest BCUT2D eigenvalue weighted by molar-refractivity contribution is 0.0671. The molecule has 3 rings (SSSR count). The second kappa shape index (κ2) is 7.92. The second-order valence-corrected chi connectivity index (χ2v) is 7.23. The Balaban J connectivity index is 1.85. The summed E-state index contributed by atoms with van der Waals surface area (Å²) in [6, 6.07) is 13.1. The molecule has 0 unspecified atom stereocenters. The minimum atomic E-state index is -0.0556. The number of rotatable bonds is 5. The average Bonchev–Trinajstić information content (AvgIpc) is 3.08. The first-order valence-corrected chi connectivity index (χ1v) is 9.20. The van der Waals surface area contributed by atoms with E-state index >= 15 is 0 Å². The highest BCUT2D eigenvalue weighted by Gasteiger charge is 2.23. The number of aromatic nitrogens is 2. The Morgan fingerprint density at radius 3 is 2.56 bits per heavy atom. The minimum absolute atomic E-state index is 0.0196. The molecule has 0 aliphatic carbocycles. The van der Waals surface area contributed by atoms with Crippen LogP contribution in [0, 0.1) is 13.8 Å². The molecule has 3 aromatic rings. The molecule has 6 heteroatoms. The van der Waals surface area contributed by atoms with E-state index in [4.69, 9.17) is 16.0 Å². The fraction of sp³-hybridized carbons (Fsp3) is 0.286. The first-order chi connectivity index (χ1) is 12.9. The van der Waals surface area contributed by atoms with Crippen molar-refractivity contribution in [3.8, 4) is 11.5 Å². The number of hydrogen-bond donors (Lipinski definition) is 0. The summed E-state index contributed by atoms with van der Waals surface area (Å²) in [5.74, 6) is 0.662. The molecule has 0 spiro atoms. The molecule has 140 valence electrons. The Labute approximate surface area is 164 Å². The summed E-state index contributed by atoms with van der Waals surface area (Å²) >= 11 is 6.19. The fourth-order valence-corrected chi connectivity index (χ4v) is 3.12. The van der Waals surface area contributed by atoms with E-state index in [0.717, 1.165) is 11.1 Å². The van der Waals surface area contributed by atoms with E-state index in [2.05, 4.69) is 10.2 Å². The van der Waals surface area contributed by atoms with Crippen molar-refractivity contribution in [2.45, 2.75) is 40.3 Å². The summed E-state index contributed by atoms with van der Waals surface area (Å²) in [5, 5.41) is 8.72. The molecule has 0 aliphatic rings. The van der Waals surface area contributed by atoms with Crippen LogP contribution in [0.2, 0.25) is 5.02 Å². The maximum absolute atomic E-state index is 13.1. The van der Waals surface area contributed by atoms with Crippen LogP contribution in [-0.4, -0.2) is 27.0 Å². The number of carbonyl (C=O) groups is 1. The van der Waals surface area contributed by atoms with Crippen molar-refractivity contribution >= 4 is 17.5 Å². The van der Waals surface area contributed by atoms with Crippen LogP contribution < -0.4 is 0 Å². The number of amides is 1. The zero-order valence-corrected chi connectivity index (χ0v) is 16.6. The molecule has 1 aromatic heterocycles. The van der Waals surface area contributed by atoms with Gasteiger partial charge in [-0.1, -0.05) is 41.4 Å². The van der Waals surface area contributed by atoms with Gasteiger partial charge < -0.3 is 9.32 Å². The Hall–Kier alpha value is -2.66. The minimum Gasteiger partial charge on any atom is -0.419 e. The van der Waals surface area contributed by atoms with Gasteiger partial charge in [0.25, 0.3) is 5.91 Å². The molecular weight excluding hydrogens is 362 g/mol. The first-order valence-electron chi connectivity index (χ1n) is 8.82. The van der Waals surface area contributed by atoms with Crippen LogP contribution in [0.5, 0.6) is 0 Å². The van der Waals surface area contributed by atoms with Crippen molar-refractivity contribution < 1.29 is 9.21 Å². The molecular formula is C21H22ClN3O2. The van der Waals surface area contributed by atoms with Crippen LogP contribution >= 0.6 is 11.6 Å². The summed E-state index contributed by atoms with van der Waals surface area (Å²) in [5.41, 5.74) is 3.43. The third-order valence-electron chi connectivity index (χ3n) is 4.37. The monoisotopic (exact) mass is 383 g/mol. The average molecular weight is 384 g/mol. The smallest absolute Gasteiger partial charge is 0.254 e. The predicted octanol–water partition coefficient (Wildman–Crippen LogP) is 5.06. The van der Waals surface area contributed by atoms with Gasteiger partial charge in [0, 0.05) is 11.6 Å². The van der Waals surface area contributed by atoms with Crippen LogP contribution in [0.1, 0.15) is 41.2 Å². The summed E-state index contributed by atoms with van der Waals surface area (Å²) in [7, 11) is 0. The predicted molar refractivity (Wildman–Crippen MR) is 106 cm³/mol. The van der Waals surface area contributed by atoms with Crippen molar-refractivity contribution in [2.24, 2.45) is 0 Å². The maximum Gasteiger partial charge on any atom is 0.254 e. The third-order valence-corrected chi connectivity index (χ3v) is 4.70. The van der Waals surface area contributed by atoms with E-state index in [0.29, 0.717) is 27.9 Å². The lowest BCUT2D eigenvalue weighted by atomic mass is 10.0. The molecule has 0 radical (unpaired) electrons. The largest absolute Gasteiger partial charge is 0.419 e. The molecule has 0 saturated carbocycles. The topological polar surface area (TPSA) is 59.2 Å². The van der Waals surface area contributed by atoms with Gasteiger partial charge in [-0.15, -0.1) is 10.2 Å². The van der Waals surface area contributed by atoms with Crippen LogP contribution in [-0.2, 0) is 6.54 Å². The van der Waals surface area contributed by atoms with Gasteiger partial charge in [0.05, 0.1) is 17.1 Å². The van der Waals surface area contributed by atoms with E-state index < -0.39 is 0 Å². The zero-order chi connectivity index (χ0) is 19.6. The molecule has 1 amide bonds. The Morgan fingerprint density at radius 2 is 1.89 bits per heavy atom. The van der Waals surface area contributed by atoms with Crippen molar-refractivity contribution in [3.63, 3.8) is 0 Å². The molecule has 2 aromatic carbocycles. The fourth-order valence-electron chi connectivity index (χ4n) is 2.90. The van der Waals surface area contributed by atoms with Gasteiger partial charge in [-0.25, -0.2) is 0 Å². The summed E-state index contributed by atoms with van der Waals surface area (Å²) in [6.07, 6.45) is 0. The van der Waals surface area contributed by atoms with E-state index in [-0.39, 0.29) is 18.5 Å². The SMILES string of the molecule is Cc1ccc(C(=O)N(Cc2nnc(-c3ccccc3Cl)o2)C(C)C)c(C)c1. The van der Waals surface area contributed by atoms with Gasteiger partial charge in [0.2, 0.25) is 11.8 Å². The summed E-state index contributed by atoms with van der Waals surface area (Å²) < 4.78 is 5.77. The maximum atomic E-state index is 13.1. The highest BCUT2D eigenvalue weighted by Crippen LogP contribution is 2.27. The zero-order valence-electron chi connectivity index (χ0n) is 15.9. The third kappa shape index (κ3) is 4.19. The van der Waals surface area contributed by atoms with E-state index in [9.17, 15) is 4.79 Å². The van der Waals surface area contributed by atoms with Gasteiger partial charge in [-0.3, -0.25) is 4.79 Å². The molecule has 27 heavy (non-hydrogen) atoms. The lowest BCUT2D eigenvalue weighted by Gasteiger charge is -2.26. The number of hydrogen-bond acceptors (Lipinski definition) is 4. The van der Waals surface area contributed by atoms with Crippen molar-refractivity contribution in [3.05, 3.63) is 70.1 Å². The van der Waals surface area contributed by atoms with Crippen molar-refractivity contribution in [2.75, 3.05) is 0 Å². The summed E-state index contributed by atoms with van der Waals surface area (Å²) in [6.45, 7) is 8.12. The van der Waals surface area contributed by atoms with E-state index in [1.165, 1.54) is 0 Å². The highest BCUT2D eigenvalue weighted by atomic mass is 35.5. The molecule has 1 heterocycles. The molecule has 0 aliphatic heterocycles. The van der Waals surface area contributed by atoms with Crippen molar-refractivity contribution in [1.29, 1.82) is 0 Å². The number of halogens is 1. The standard InChI is InChI=1S/C21H22ClN3O2/c1-13(2)25(21(26)16-10-9-14(3)11-15(16)4)12-19-23-24-20(27-19)17-7-5-6-8-18(17)22/h5-11,13H,12H2,1-4H3. The van der Waals surface area contributed by atoms with Crippen molar-refractivity contribution in [1.82, 2.24) is 15.1 Å². The van der Waals surface area contributed by atoms with Crippen LogP contribution in [0.4, 0.5) is 0 Å². The van der Waals surface area contributed by atoms with Gasteiger partial charge in [0.15, 0.2) is 0 Å². The Morgan fingerprint density at radius 1 is 1.15 bits per heavy atom. The highest BCUT2D eigenvalue weighted by molar-refractivity contribution is 6.33. The number of aryl methyl sites for hydroxylation is 2. The van der Waals surface area contributed by atoms with Crippen LogP contribution in [0.25, 0.3) is 11.5 Å². The van der Waals surface area contributed by atoms with Gasteiger partial charge >= 0.3 is 0 Å². The van der Waals surface area contributed by atoms with Crippen LogP contribution in [0.3, 0.4) is 0 Å². The van der Waals surface area contributed by atoms with Crippen LogP contribution in [0.15, 0.2) is 46.9 Å². The van der Waals surface area contributed by atoms with Gasteiger partial charge in [-0.05, 0) is 51.5 Å². The number of carbonyl (C=O) groups excluding carboxylic acids is 1. The Kier molecular flexibility index (Phi) is 5.61. The normalized spacial score (nSPS) is 11.0. The number of benzene rings is 2. The molecule has 0 fully saturated rings. The molecule has 0 bridgehead atoms. The van der Waals surface area contributed by atoms with Gasteiger partial charge in [-0.2, -0.15) is 0 Å². The Bertz CT molecular complexity index is 966. The molecule has 0 saturated heterocycles. The number of nitrogens with zero attached hydrogens (tertiary/aromatic N) is 3. The second-order valence-electron chi connectivity index (χ2n) is 6.83. The molecule has 0 N–H and O–H groups in total.